The number of rotatable bonds is 4. The highest BCUT2D eigenvalue weighted by molar-refractivity contribution is 5.87. The number of amides is 2. The molecule has 0 aromatic carbocycles. The molecule has 0 aliphatic carbocycles. The Balaban J connectivity index is 3.92. The molecule has 5 N–H and O–H groups in total. The zero-order chi connectivity index (χ0) is 9.72. The summed E-state index contributed by atoms with van der Waals surface area (Å²) in [6.07, 6.45) is 0. The molecule has 0 heterocycles. The Bertz CT molecular complexity index is 181. The molecule has 0 aromatic rings. The molecule has 2 unspecified atom stereocenters. The molecular weight excluding hydrogens is 158 g/mol. The summed E-state index contributed by atoms with van der Waals surface area (Å²) in [6, 6.07) is -0.633. The number of nitrogens with one attached hydrogen (secondary N) is 1. The Labute approximate surface area is 71.5 Å². The third-order valence-corrected chi connectivity index (χ3v) is 1.59. The molecule has 5 nitrogen and oxygen atoms in total. The van der Waals surface area contributed by atoms with E-state index in [4.69, 9.17) is 11.5 Å². The summed E-state index contributed by atoms with van der Waals surface area (Å²) >= 11 is 0. The highest BCUT2D eigenvalue weighted by atomic mass is 16.2. The summed E-state index contributed by atoms with van der Waals surface area (Å²) in [5.74, 6) is -1.08. The maximum atomic E-state index is 11.1. The first-order valence-corrected chi connectivity index (χ1v) is 3.78. The monoisotopic (exact) mass is 173 g/mol. The Morgan fingerprint density at radius 1 is 1.42 bits per heavy atom. The molecule has 70 valence electrons. The van der Waals surface area contributed by atoms with Crippen molar-refractivity contribution in [2.75, 3.05) is 6.54 Å². The van der Waals surface area contributed by atoms with E-state index >= 15 is 0 Å². The molecule has 0 aromatic heterocycles. The lowest BCUT2D eigenvalue weighted by Crippen LogP contribution is -2.45. The van der Waals surface area contributed by atoms with Crippen molar-refractivity contribution < 1.29 is 9.59 Å². The van der Waals surface area contributed by atoms with Gasteiger partial charge in [-0.05, 0) is 6.92 Å². The zero-order valence-electron chi connectivity index (χ0n) is 7.33. The predicted octanol–water partition coefficient (Wildman–Crippen LogP) is -1.43. The molecule has 0 aliphatic rings. The second-order valence-corrected chi connectivity index (χ2v) is 2.77. The van der Waals surface area contributed by atoms with Gasteiger partial charge in [-0.1, -0.05) is 6.92 Å². The molecule has 0 saturated carbocycles. The van der Waals surface area contributed by atoms with Crippen molar-refractivity contribution in [3.8, 4) is 0 Å². The maximum Gasteiger partial charge on any atom is 0.239 e. The van der Waals surface area contributed by atoms with Gasteiger partial charge < -0.3 is 16.8 Å². The van der Waals surface area contributed by atoms with Crippen LogP contribution in [0.3, 0.4) is 0 Å². The number of carbonyl (C=O) groups is 2. The van der Waals surface area contributed by atoms with Crippen LogP contribution in [-0.4, -0.2) is 24.4 Å². The van der Waals surface area contributed by atoms with E-state index in [2.05, 4.69) is 5.32 Å². The average molecular weight is 173 g/mol. The van der Waals surface area contributed by atoms with Gasteiger partial charge in [-0.2, -0.15) is 0 Å². The Morgan fingerprint density at radius 3 is 2.25 bits per heavy atom. The van der Waals surface area contributed by atoms with Gasteiger partial charge >= 0.3 is 0 Å². The van der Waals surface area contributed by atoms with E-state index in [1.54, 1.807) is 6.92 Å². The van der Waals surface area contributed by atoms with Crippen LogP contribution in [0.25, 0.3) is 0 Å². The van der Waals surface area contributed by atoms with Crippen molar-refractivity contribution in [1.29, 1.82) is 0 Å². The highest BCUT2D eigenvalue weighted by Crippen LogP contribution is 1.91. The summed E-state index contributed by atoms with van der Waals surface area (Å²) in [6.45, 7) is 3.48. The molecule has 0 fully saturated rings. The largest absolute Gasteiger partial charge is 0.368 e. The lowest BCUT2D eigenvalue weighted by atomic mass is 10.1. The molecule has 0 bridgehead atoms. The van der Waals surface area contributed by atoms with E-state index < -0.39 is 11.9 Å². The first-order chi connectivity index (χ1) is 5.49. The molecule has 5 heteroatoms. The van der Waals surface area contributed by atoms with Crippen molar-refractivity contribution >= 4 is 11.8 Å². The van der Waals surface area contributed by atoms with Gasteiger partial charge in [-0.25, -0.2) is 0 Å². The highest BCUT2D eigenvalue weighted by Gasteiger charge is 2.15. The van der Waals surface area contributed by atoms with Gasteiger partial charge in [-0.15, -0.1) is 0 Å². The van der Waals surface area contributed by atoms with E-state index in [0.29, 0.717) is 0 Å². The van der Waals surface area contributed by atoms with Crippen molar-refractivity contribution in [2.45, 2.75) is 19.9 Å². The van der Waals surface area contributed by atoms with E-state index in [0.717, 1.165) is 0 Å². The fourth-order valence-electron chi connectivity index (χ4n) is 0.534. The van der Waals surface area contributed by atoms with Crippen LogP contribution in [0.15, 0.2) is 0 Å². The second kappa shape index (κ2) is 4.71. The molecule has 12 heavy (non-hydrogen) atoms. The van der Waals surface area contributed by atoms with Crippen LogP contribution in [-0.2, 0) is 9.59 Å². The standard InChI is InChI=1S/C7H15N3O2/c1-4(3-8)7(12)10-5(2)6(9)11/h4-5H,3,8H2,1-2H3,(H2,9,11)(H,10,12). The lowest BCUT2D eigenvalue weighted by Gasteiger charge is -2.13. The molecule has 0 radical (unpaired) electrons. The fourth-order valence-corrected chi connectivity index (χ4v) is 0.534. The van der Waals surface area contributed by atoms with Crippen molar-refractivity contribution in [3.63, 3.8) is 0 Å². The number of nitrogens with two attached hydrogens (primary N) is 2. The normalized spacial score (nSPS) is 14.9. The number of carbonyl (C=O) groups excluding carboxylic acids is 2. The third-order valence-electron chi connectivity index (χ3n) is 1.59. The molecule has 2 amide bonds. The van der Waals surface area contributed by atoms with Gasteiger partial charge in [0.2, 0.25) is 11.8 Å². The van der Waals surface area contributed by atoms with E-state index in [9.17, 15) is 9.59 Å². The molecule has 2 atom stereocenters. The number of hydrogen-bond donors (Lipinski definition) is 3. The van der Waals surface area contributed by atoms with Gasteiger partial charge in [0, 0.05) is 12.5 Å². The van der Waals surface area contributed by atoms with Crippen molar-refractivity contribution in [3.05, 3.63) is 0 Å². The SMILES string of the molecule is CC(CN)C(=O)NC(C)C(N)=O. The minimum atomic E-state index is -0.633. The average Bonchev–Trinajstić information content (AvgIpc) is 2.02. The summed E-state index contributed by atoms with van der Waals surface area (Å²) < 4.78 is 0. The summed E-state index contributed by atoms with van der Waals surface area (Å²) in [7, 11) is 0. The Morgan fingerprint density at radius 2 is 1.92 bits per heavy atom. The van der Waals surface area contributed by atoms with E-state index in [1.165, 1.54) is 6.92 Å². The number of primary amides is 1. The zero-order valence-corrected chi connectivity index (χ0v) is 7.33. The van der Waals surface area contributed by atoms with Crippen LogP contribution in [0.2, 0.25) is 0 Å². The minimum Gasteiger partial charge on any atom is -0.368 e. The van der Waals surface area contributed by atoms with Crippen molar-refractivity contribution in [2.24, 2.45) is 17.4 Å². The summed E-state index contributed by atoms with van der Waals surface area (Å²) in [5.41, 5.74) is 10.2. The van der Waals surface area contributed by atoms with Gasteiger partial charge in [0.1, 0.15) is 6.04 Å². The van der Waals surface area contributed by atoms with E-state index in [-0.39, 0.29) is 18.4 Å². The van der Waals surface area contributed by atoms with Gasteiger partial charge in [-0.3, -0.25) is 9.59 Å². The van der Waals surface area contributed by atoms with Crippen molar-refractivity contribution in [1.82, 2.24) is 5.32 Å². The Kier molecular flexibility index (Phi) is 4.28. The van der Waals surface area contributed by atoms with Crippen LogP contribution in [0.1, 0.15) is 13.8 Å². The first-order valence-electron chi connectivity index (χ1n) is 3.78. The van der Waals surface area contributed by atoms with Gasteiger partial charge in [0.05, 0.1) is 0 Å². The molecule has 0 rings (SSSR count). The van der Waals surface area contributed by atoms with Crippen LogP contribution in [0.5, 0.6) is 0 Å². The second-order valence-electron chi connectivity index (χ2n) is 2.77. The first kappa shape index (κ1) is 10.9. The van der Waals surface area contributed by atoms with Crippen LogP contribution in [0, 0.1) is 5.92 Å². The topological polar surface area (TPSA) is 98.2 Å². The third kappa shape index (κ3) is 3.34. The van der Waals surface area contributed by atoms with Crippen LogP contribution < -0.4 is 16.8 Å². The summed E-state index contributed by atoms with van der Waals surface area (Å²) in [5, 5.41) is 2.44. The minimum absolute atomic E-state index is 0.246. The maximum absolute atomic E-state index is 11.1. The predicted molar refractivity (Wildman–Crippen MR) is 45.0 cm³/mol. The smallest absolute Gasteiger partial charge is 0.239 e. The van der Waals surface area contributed by atoms with Crippen LogP contribution in [0.4, 0.5) is 0 Å². The number of hydrogen-bond acceptors (Lipinski definition) is 3. The molecule has 0 saturated heterocycles. The van der Waals surface area contributed by atoms with E-state index in [1.807, 2.05) is 0 Å². The quantitative estimate of drug-likeness (QED) is 0.486. The lowest BCUT2D eigenvalue weighted by molar-refractivity contribution is -0.129. The Hall–Kier alpha value is -1.10. The van der Waals surface area contributed by atoms with Gasteiger partial charge in [0.15, 0.2) is 0 Å². The molecule has 0 aliphatic heterocycles. The molecule has 0 spiro atoms. The van der Waals surface area contributed by atoms with Crippen LogP contribution >= 0.6 is 0 Å². The summed E-state index contributed by atoms with van der Waals surface area (Å²) in [4.78, 5) is 21.6. The van der Waals surface area contributed by atoms with Gasteiger partial charge in [0.25, 0.3) is 0 Å². The molecular formula is C7H15N3O2. The fraction of sp³-hybridized carbons (Fsp3) is 0.714.